The van der Waals surface area contributed by atoms with Gasteiger partial charge in [-0.05, 0) is 41.9 Å². The molecule has 0 spiro atoms. The molecule has 1 aromatic heterocycles. The monoisotopic (exact) mass is 385 g/mol. The first kappa shape index (κ1) is 19.4. The normalized spacial score (nSPS) is 20.4. The third-order valence-electron chi connectivity index (χ3n) is 5.50. The molecule has 1 aliphatic carbocycles. The molecular formula is C20H24ClN5O. The number of halogens is 1. The molecule has 0 radical (unpaired) electrons. The molecule has 0 unspecified atom stereocenters. The first-order valence-electron chi connectivity index (χ1n) is 9.07. The molecule has 3 N–H and O–H groups in total. The van der Waals surface area contributed by atoms with E-state index >= 15 is 0 Å². The highest BCUT2D eigenvalue weighted by Crippen LogP contribution is 2.47. The van der Waals surface area contributed by atoms with Crippen LogP contribution < -0.4 is 10.6 Å². The maximum atomic E-state index is 9.43. The highest BCUT2D eigenvalue weighted by molar-refractivity contribution is 6.30. The lowest BCUT2D eigenvalue weighted by molar-refractivity contribution is 0.00449. The van der Waals surface area contributed by atoms with E-state index in [0.29, 0.717) is 23.9 Å². The van der Waals surface area contributed by atoms with Crippen LogP contribution in [0.5, 0.6) is 0 Å². The lowest BCUT2D eigenvalue weighted by Gasteiger charge is -2.52. The van der Waals surface area contributed by atoms with Crippen LogP contribution >= 0.6 is 11.6 Å². The predicted molar refractivity (Wildman–Crippen MR) is 107 cm³/mol. The van der Waals surface area contributed by atoms with Gasteiger partial charge in [0.25, 0.3) is 0 Å². The molecule has 27 heavy (non-hydrogen) atoms. The lowest BCUT2D eigenvalue weighted by Crippen LogP contribution is -2.54. The second-order valence-corrected chi connectivity index (χ2v) is 7.94. The van der Waals surface area contributed by atoms with Crippen molar-refractivity contribution in [2.45, 2.75) is 32.7 Å². The first-order valence-corrected chi connectivity index (χ1v) is 9.44. The average molecular weight is 386 g/mol. The van der Waals surface area contributed by atoms with Crippen LogP contribution in [0.25, 0.3) is 0 Å². The van der Waals surface area contributed by atoms with Crippen molar-refractivity contribution in [3.8, 4) is 6.07 Å². The minimum Gasteiger partial charge on any atom is -0.396 e. The van der Waals surface area contributed by atoms with Gasteiger partial charge in [-0.15, -0.1) is 0 Å². The molecular weight excluding hydrogens is 362 g/mol. The molecule has 0 amide bonds. The van der Waals surface area contributed by atoms with Crippen molar-refractivity contribution in [2.24, 2.45) is 11.3 Å². The van der Waals surface area contributed by atoms with Gasteiger partial charge in [-0.25, -0.2) is 4.98 Å². The lowest BCUT2D eigenvalue weighted by atomic mass is 9.59. The number of hydrogen-bond acceptors (Lipinski definition) is 6. The van der Waals surface area contributed by atoms with Gasteiger partial charge in [-0.1, -0.05) is 37.6 Å². The summed E-state index contributed by atoms with van der Waals surface area (Å²) in [5.74, 6) is 1.28. The highest BCUT2D eigenvalue weighted by atomic mass is 35.5. The second-order valence-electron chi connectivity index (χ2n) is 7.51. The quantitative estimate of drug-likeness (QED) is 0.675. The summed E-state index contributed by atoms with van der Waals surface area (Å²) in [6, 6.07) is 10.0. The maximum Gasteiger partial charge on any atom is 0.224 e. The molecule has 142 valence electrons. The van der Waals surface area contributed by atoms with Crippen molar-refractivity contribution in [3.63, 3.8) is 0 Å². The van der Waals surface area contributed by atoms with Crippen molar-refractivity contribution in [1.82, 2.24) is 9.97 Å². The summed E-state index contributed by atoms with van der Waals surface area (Å²) < 4.78 is 0. The van der Waals surface area contributed by atoms with E-state index in [9.17, 15) is 10.4 Å². The van der Waals surface area contributed by atoms with Gasteiger partial charge < -0.3 is 15.7 Å². The van der Waals surface area contributed by atoms with Crippen molar-refractivity contribution >= 4 is 23.4 Å². The van der Waals surface area contributed by atoms with Crippen LogP contribution in [0.15, 0.2) is 30.5 Å². The zero-order valence-corrected chi connectivity index (χ0v) is 16.3. The molecule has 7 heteroatoms. The number of benzene rings is 1. The van der Waals surface area contributed by atoms with Crippen LogP contribution in [0, 0.1) is 22.7 Å². The van der Waals surface area contributed by atoms with Gasteiger partial charge in [-0.3, -0.25) is 0 Å². The van der Waals surface area contributed by atoms with Crippen molar-refractivity contribution in [1.29, 1.82) is 5.26 Å². The molecule has 2 aromatic rings. The van der Waals surface area contributed by atoms with Gasteiger partial charge in [-0.2, -0.15) is 10.2 Å². The molecule has 1 fully saturated rings. The van der Waals surface area contributed by atoms with E-state index in [1.807, 2.05) is 24.3 Å². The van der Waals surface area contributed by atoms with Crippen molar-refractivity contribution in [3.05, 3.63) is 46.6 Å². The van der Waals surface area contributed by atoms with Gasteiger partial charge in [0, 0.05) is 24.2 Å². The van der Waals surface area contributed by atoms with Gasteiger partial charge in [0.1, 0.15) is 17.5 Å². The molecule has 1 heterocycles. The highest BCUT2D eigenvalue weighted by Gasteiger charge is 2.47. The number of rotatable bonds is 7. The summed E-state index contributed by atoms with van der Waals surface area (Å²) in [4.78, 5) is 8.71. The first-order chi connectivity index (χ1) is 12.9. The smallest absolute Gasteiger partial charge is 0.224 e. The molecule has 1 aliphatic rings. The Hall–Kier alpha value is -2.36. The van der Waals surface area contributed by atoms with Crippen LogP contribution in [0.4, 0.5) is 11.8 Å². The molecule has 0 aliphatic heterocycles. The van der Waals surface area contributed by atoms with E-state index in [-0.39, 0.29) is 24.0 Å². The molecule has 1 saturated carbocycles. The van der Waals surface area contributed by atoms with Crippen LogP contribution in [-0.4, -0.2) is 34.3 Å². The molecule has 3 rings (SSSR count). The standard InChI is InChI=1S/C20H24ClN5O/c1-20(2)15(12-27)9-17(20)25-18-14(10-22)11-24-19(26-18)23-7-6-13-4-3-5-16(21)8-13/h3-5,8,11,15,17,27H,6-7,9,12H2,1-2H3,(H2,23,24,25,26)/t15-,17+/m1/s1. The Bertz CT molecular complexity index is 849. The Labute approximate surface area is 164 Å². The largest absolute Gasteiger partial charge is 0.396 e. The van der Waals surface area contributed by atoms with Crippen molar-refractivity contribution in [2.75, 3.05) is 23.8 Å². The van der Waals surface area contributed by atoms with Gasteiger partial charge >= 0.3 is 0 Å². The average Bonchev–Trinajstić information content (AvgIpc) is 2.65. The summed E-state index contributed by atoms with van der Waals surface area (Å²) in [7, 11) is 0. The number of anilines is 2. The van der Waals surface area contributed by atoms with E-state index < -0.39 is 0 Å². The van der Waals surface area contributed by atoms with Gasteiger partial charge in [0.2, 0.25) is 5.95 Å². The Morgan fingerprint density at radius 1 is 1.41 bits per heavy atom. The number of aromatic nitrogens is 2. The fourth-order valence-electron chi connectivity index (χ4n) is 3.41. The molecule has 1 aromatic carbocycles. The Kier molecular flexibility index (Phi) is 5.83. The number of hydrogen-bond donors (Lipinski definition) is 3. The molecule has 0 bridgehead atoms. The number of nitrogens with one attached hydrogen (secondary N) is 2. The number of nitriles is 1. The van der Waals surface area contributed by atoms with Crippen molar-refractivity contribution < 1.29 is 5.11 Å². The Balaban J connectivity index is 1.64. The second kappa shape index (κ2) is 8.12. The fourth-order valence-corrected chi connectivity index (χ4v) is 3.62. The third kappa shape index (κ3) is 4.32. The molecule has 2 atom stereocenters. The fraction of sp³-hybridized carbons (Fsp3) is 0.450. The summed E-state index contributed by atoms with van der Waals surface area (Å²) in [6.07, 6.45) is 3.18. The van der Waals surface area contributed by atoms with E-state index in [1.165, 1.54) is 6.20 Å². The zero-order chi connectivity index (χ0) is 19.4. The Morgan fingerprint density at radius 3 is 2.89 bits per heavy atom. The molecule has 6 nitrogen and oxygen atoms in total. The SMILES string of the molecule is CC1(C)[C@@H](CO)C[C@@H]1Nc1nc(NCCc2cccc(Cl)c2)ncc1C#N. The predicted octanol–water partition coefficient (Wildman–Crippen LogP) is 3.48. The topological polar surface area (TPSA) is 93.9 Å². The van der Waals surface area contributed by atoms with E-state index in [4.69, 9.17) is 11.6 Å². The minimum absolute atomic E-state index is 0.0490. The van der Waals surface area contributed by atoms with Crippen LogP contribution in [0.3, 0.4) is 0 Å². The van der Waals surface area contributed by atoms with Crippen LogP contribution in [0.2, 0.25) is 5.02 Å². The van der Waals surface area contributed by atoms with Crippen LogP contribution in [0.1, 0.15) is 31.4 Å². The number of aliphatic hydroxyl groups excluding tert-OH is 1. The van der Waals surface area contributed by atoms with Crippen LogP contribution in [-0.2, 0) is 6.42 Å². The summed E-state index contributed by atoms with van der Waals surface area (Å²) in [5.41, 5.74) is 1.50. The zero-order valence-electron chi connectivity index (χ0n) is 15.5. The van der Waals surface area contributed by atoms with E-state index in [1.54, 1.807) is 0 Å². The summed E-state index contributed by atoms with van der Waals surface area (Å²) in [6.45, 7) is 5.07. The Morgan fingerprint density at radius 2 is 2.22 bits per heavy atom. The number of aliphatic hydroxyl groups is 1. The number of nitrogens with zero attached hydrogens (tertiary/aromatic N) is 3. The third-order valence-corrected chi connectivity index (χ3v) is 5.73. The maximum absolute atomic E-state index is 9.43. The minimum atomic E-state index is -0.0490. The van der Waals surface area contributed by atoms with Gasteiger partial charge in [0.15, 0.2) is 0 Å². The summed E-state index contributed by atoms with van der Waals surface area (Å²) >= 11 is 6.01. The van der Waals surface area contributed by atoms with E-state index in [2.05, 4.69) is 40.5 Å². The summed E-state index contributed by atoms with van der Waals surface area (Å²) in [5, 5.41) is 26.1. The van der Waals surface area contributed by atoms with Gasteiger partial charge in [0.05, 0.1) is 6.20 Å². The molecule has 0 saturated heterocycles. The van der Waals surface area contributed by atoms with E-state index in [0.717, 1.165) is 23.4 Å².